The summed E-state index contributed by atoms with van der Waals surface area (Å²) in [6.07, 6.45) is 2.12. The summed E-state index contributed by atoms with van der Waals surface area (Å²) in [7, 11) is 3.31. The number of benzene rings is 3. The molecule has 172 valence electrons. The van der Waals surface area contributed by atoms with Gasteiger partial charge in [-0.1, -0.05) is 48.5 Å². The van der Waals surface area contributed by atoms with E-state index < -0.39 is 0 Å². The van der Waals surface area contributed by atoms with E-state index in [0.717, 1.165) is 28.2 Å². The molecule has 0 N–H and O–H groups in total. The van der Waals surface area contributed by atoms with Crippen LogP contribution in [0.15, 0.2) is 79.1 Å². The molecule has 0 radical (unpaired) electrons. The van der Waals surface area contributed by atoms with Crippen molar-refractivity contribution in [2.75, 3.05) is 19.1 Å². The predicted molar refractivity (Wildman–Crippen MR) is 129 cm³/mol. The van der Waals surface area contributed by atoms with Crippen molar-refractivity contribution in [1.29, 1.82) is 0 Å². The largest absolute Gasteiger partial charge is 0.497 e. The number of fused-ring (bicyclic) bond motifs is 1. The lowest BCUT2D eigenvalue weighted by Crippen LogP contribution is -2.43. The number of ether oxygens (including phenoxy) is 2. The van der Waals surface area contributed by atoms with E-state index in [9.17, 15) is 4.79 Å². The van der Waals surface area contributed by atoms with Crippen LogP contribution in [-0.4, -0.2) is 34.9 Å². The Morgan fingerprint density at radius 1 is 0.912 bits per heavy atom. The van der Waals surface area contributed by atoms with E-state index in [1.807, 2.05) is 84.4 Å². The first-order chi connectivity index (χ1) is 16.6. The quantitative estimate of drug-likeness (QED) is 0.425. The second-order valence-electron chi connectivity index (χ2n) is 8.28. The van der Waals surface area contributed by atoms with Crippen LogP contribution in [0, 0.1) is 6.92 Å². The summed E-state index contributed by atoms with van der Waals surface area (Å²) in [5.41, 5.74) is 3.56. The highest BCUT2D eigenvalue weighted by Gasteiger charge is 2.40. The van der Waals surface area contributed by atoms with Crippen molar-refractivity contribution >= 4 is 11.9 Å². The second-order valence-corrected chi connectivity index (χ2v) is 8.28. The molecule has 0 unspecified atom stereocenters. The van der Waals surface area contributed by atoms with Gasteiger partial charge in [-0.25, -0.2) is 4.68 Å². The van der Waals surface area contributed by atoms with Crippen molar-refractivity contribution in [3.8, 4) is 11.5 Å². The van der Waals surface area contributed by atoms with E-state index in [2.05, 4.69) is 10.1 Å². The van der Waals surface area contributed by atoms with Gasteiger partial charge >= 0.3 is 0 Å². The number of carbonyl (C=O) groups is 1. The molecule has 0 aliphatic carbocycles. The van der Waals surface area contributed by atoms with E-state index >= 15 is 0 Å². The lowest BCUT2D eigenvalue weighted by Gasteiger charge is -2.39. The van der Waals surface area contributed by atoms with E-state index in [0.29, 0.717) is 17.9 Å². The smallest absolute Gasteiger partial charge is 0.261 e. The molecule has 3 aromatic carbocycles. The number of nitrogens with zero attached hydrogens (tertiary/aromatic N) is 4. The number of aromatic nitrogens is 3. The third kappa shape index (κ3) is 3.69. The number of methoxy groups -OCH3 is 2. The minimum Gasteiger partial charge on any atom is -0.497 e. The highest BCUT2D eigenvalue weighted by Crippen LogP contribution is 2.44. The molecule has 1 amide bonds. The monoisotopic (exact) mass is 454 g/mol. The zero-order valence-corrected chi connectivity index (χ0v) is 19.4. The minimum absolute atomic E-state index is 0.105. The Morgan fingerprint density at radius 2 is 1.65 bits per heavy atom. The van der Waals surface area contributed by atoms with Gasteiger partial charge < -0.3 is 9.47 Å². The number of rotatable bonds is 5. The van der Waals surface area contributed by atoms with Crippen molar-refractivity contribution in [3.63, 3.8) is 0 Å². The van der Waals surface area contributed by atoms with Crippen molar-refractivity contribution in [3.05, 3.63) is 101 Å². The maximum absolute atomic E-state index is 13.9. The van der Waals surface area contributed by atoms with Gasteiger partial charge in [-0.15, -0.1) is 0 Å². The molecule has 0 saturated heterocycles. The van der Waals surface area contributed by atoms with Gasteiger partial charge in [-0.3, -0.25) is 9.69 Å². The molecule has 4 aromatic rings. The second kappa shape index (κ2) is 9.02. The first-order valence-electron chi connectivity index (χ1n) is 11.2. The molecule has 0 spiro atoms. The Morgan fingerprint density at radius 3 is 2.38 bits per heavy atom. The van der Waals surface area contributed by atoms with E-state index in [-0.39, 0.29) is 18.0 Å². The summed E-state index contributed by atoms with van der Waals surface area (Å²) in [6, 6.07) is 23.0. The number of hydrogen-bond donors (Lipinski definition) is 0. The van der Waals surface area contributed by atoms with Gasteiger partial charge in [0.05, 0.1) is 26.3 Å². The van der Waals surface area contributed by atoms with Crippen molar-refractivity contribution in [2.45, 2.75) is 25.4 Å². The summed E-state index contributed by atoms with van der Waals surface area (Å²) in [6.45, 7) is 1.95. The summed E-state index contributed by atoms with van der Waals surface area (Å²) >= 11 is 0. The van der Waals surface area contributed by atoms with Gasteiger partial charge in [0.1, 0.15) is 17.8 Å². The molecule has 2 heterocycles. The van der Waals surface area contributed by atoms with E-state index in [1.165, 1.54) is 6.33 Å². The van der Waals surface area contributed by atoms with Gasteiger partial charge in [0.25, 0.3) is 5.91 Å². The minimum atomic E-state index is -0.260. The van der Waals surface area contributed by atoms with Crippen LogP contribution in [0.5, 0.6) is 11.5 Å². The molecule has 7 heteroatoms. The molecule has 2 atom stereocenters. The van der Waals surface area contributed by atoms with E-state index in [4.69, 9.17) is 9.47 Å². The van der Waals surface area contributed by atoms with Gasteiger partial charge in [-0.05, 0) is 48.7 Å². The number of carbonyl (C=O) groups excluding carboxylic acids is 1. The van der Waals surface area contributed by atoms with Crippen LogP contribution in [0.25, 0.3) is 0 Å². The number of anilines is 1. The topological polar surface area (TPSA) is 69.5 Å². The molecule has 1 aromatic heterocycles. The van der Waals surface area contributed by atoms with Gasteiger partial charge in [0.15, 0.2) is 0 Å². The van der Waals surface area contributed by atoms with Crippen LogP contribution < -0.4 is 14.4 Å². The fourth-order valence-electron chi connectivity index (χ4n) is 4.68. The predicted octanol–water partition coefficient (Wildman–Crippen LogP) is 4.98. The number of amides is 1. The maximum atomic E-state index is 13.9. The summed E-state index contributed by atoms with van der Waals surface area (Å²) < 4.78 is 12.8. The molecular formula is C27H26N4O3. The molecule has 5 rings (SSSR count). The van der Waals surface area contributed by atoms with E-state index in [1.54, 1.807) is 19.1 Å². The molecule has 1 aliphatic rings. The van der Waals surface area contributed by atoms with Gasteiger partial charge in [-0.2, -0.15) is 10.1 Å². The Labute approximate surface area is 198 Å². The highest BCUT2D eigenvalue weighted by atomic mass is 16.5. The Hall–Kier alpha value is -4.13. The fourth-order valence-corrected chi connectivity index (χ4v) is 4.68. The lowest BCUT2D eigenvalue weighted by atomic mass is 9.90. The number of hydrogen-bond acceptors (Lipinski definition) is 5. The fraction of sp³-hybridized carbons (Fsp3) is 0.222. The molecule has 34 heavy (non-hydrogen) atoms. The van der Waals surface area contributed by atoms with Crippen molar-refractivity contribution < 1.29 is 14.3 Å². The van der Waals surface area contributed by atoms with Crippen LogP contribution >= 0.6 is 0 Å². The third-order valence-corrected chi connectivity index (χ3v) is 6.42. The van der Waals surface area contributed by atoms with Crippen LogP contribution in [-0.2, 0) is 0 Å². The molecule has 1 aliphatic heterocycles. The van der Waals surface area contributed by atoms with Crippen molar-refractivity contribution in [1.82, 2.24) is 14.8 Å². The van der Waals surface area contributed by atoms with Crippen LogP contribution in [0.2, 0.25) is 0 Å². The molecule has 0 saturated carbocycles. The van der Waals surface area contributed by atoms with Crippen LogP contribution in [0.3, 0.4) is 0 Å². The molecule has 7 nitrogen and oxygen atoms in total. The zero-order chi connectivity index (χ0) is 23.7. The van der Waals surface area contributed by atoms with Crippen molar-refractivity contribution in [2.24, 2.45) is 0 Å². The summed E-state index contributed by atoms with van der Waals surface area (Å²) in [4.78, 5) is 20.3. The number of para-hydroxylation sites is 1. The van der Waals surface area contributed by atoms with Crippen LogP contribution in [0.1, 0.15) is 45.6 Å². The standard InChI is InChI=1S/C27H26N4O3/c1-18-8-4-5-9-21(18)26(32)30-23(19-12-14-20(33-2)15-13-19)16-24(31-27(30)28-17-29-31)22-10-6-7-11-25(22)34-3/h4-15,17,23-24H,16H2,1-3H3/t23-,24+/m0/s1. The summed E-state index contributed by atoms with van der Waals surface area (Å²) in [5.74, 6) is 1.95. The average Bonchev–Trinajstić information content (AvgIpc) is 3.37. The molecule has 0 fully saturated rings. The Kier molecular flexibility index (Phi) is 5.76. The summed E-state index contributed by atoms with van der Waals surface area (Å²) in [5, 5.41) is 4.53. The normalized spacial score (nSPS) is 17.2. The Bertz CT molecular complexity index is 1320. The zero-order valence-electron chi connectivity index (χ0n) is 19.4. The van der Waals surface area contributed by atoms with Crippen LogP contribution in [0.4, 0.5) is 5.95 Å². The first kappa shape index (κ1) is 21.7. The maximum Gasteiger partial charge on any atom is 0.261 e. The average molecular weight is 455 g/mol. The first-order valence-corrected chi connectivity index (χ1v) is 11.2. The Balaban J connectivity index is 1.67. The molecule has 0 bridgehead atoms. The lowest BCUT2D eigenvalue weighted by molar-refractivity contribution is 0.0962. The molecular weight excluding hydrogens is 428 g/mol. The SMILES string of the molecule is COc1ccc([C@@H]2C[C@H](c3ccccc3OC)n3ncnc3N2C(=O)c2ccccc2C)cc1. The van der Waals surface area contributed by atoms with Gasteiger partial charge in [0, 0.05) is 11.1 Å². The highest BCUT2D eigenvalue weighted by molar-refractivity contribution is 6.06. The van der Waals surface area contributed by atoms with Gasteiger partial charge in [0.2, 0.25) is 5.95 Å². The number of aryl methyl sites for hydroxylation is 1. The third-order valence-electron chi connectivity index (χ3n) is 6.42.